The molecule has 0 aliphatic rings. The van der Waals surface area contributed by atoms with Gasteiger partial charge in [-0.2, -0.15) is 0 Å². The molecule has 0 fully saturated rings. The summed E-state index contributed by atoms with van der Waals surface area (Å²) >= 11 is 8.35. The van der Waals surface area contributed by atoms with Gasteiger partial charge in [0.25, 0.3) is 0 Å². The van der Waals surface area contributed by atoms with E-state index in [0.29, 0.717) is 0 Å². The molecule has 1 atom stereocenters. The molecule has 1 aromatic carbocycles. The summed E-state index contributed by atoms with van der Waals surface area (Å²) in [4.78, 5) is 2.97. The molecule has 2 aromatic rings. The third-order valence-electron chi connectivity index (χ3n) is 3.11. The lowest BCUT2D eigenvalue weighted by atomic mass is 10.1. The molecule has 0 aliphatic carbocycles. The lowest BCUT2D eigenvalue weighted by molar-refractivity contribution is 0.721. The van der Waals surface area contributed by atoms with Crippen molar-refractivity contribution in [1.29, 1.82) is 0 Å². The Morgan fingerprint density at radius 3 is 2.44 bits per heavy atom. The van der Waals surface area contributed by atoms with Crippen LogP contribution in [-0.2, 0) is 12.8 Å². The van der Waals surface area contributed by atoms with Gasteiger partial charge >= 0.3 is 0 Å². The standard InChI is InChI=1S/C16H19ClS/c1-2-14-11-12-15(18-14)9-6-10-16(17)13-7-4-3-5-8-13/h3-5,7-8,11-12,16H,2,6,9-10H2,1H3. The summed E-state index contributed by atoms with van der Waals surface area (Å²) in [5.41, 5.74) is 1.24. The molecule has 0 amide bonds. The van der Waals surface area contributed by atoms with E-state index in [1.807, 2.05) is 17.4 Å². The predicted molar refractivity (Wildman–Crippen MR) is 81.7 cm³/mol. The van der Waals surface area contributed by atoms with Gasteiger partial charge in [0.05, 0.1) is 5.38 Å². The Morgan fingerprint density at radius 2 is 1.78 bits per heavy atom. The zero-order chi connectivity index (χ0) is 12.8. The van der Waals surface area contributed by atoms with Gasteiger partial charge in [0.15, 0.2) is 0 Å². The second-order valence-electron chi connectivity index (χ2n) is 4.49. The van der Waals surface area contributed by atoms with E-state index >= 15 is 0 Å². The van der Waals surface area contributed by atoms with Crippen LogP contribution in [0.25, 0.3) is 0 Å². The third kappa shape index (κ3) is 3.86. The van der Waals surface area contributed by atoms with E-state index < -0.39 is 0 Å². The molecule has 18 heavy (non-hydrogen) atoms. The van der Waals surface area contributed by atoms with E-state index in [1.54, 1.807) is 0 Å². The maximum atomic E-state index is 6.41. The molecule has 0 spiro atoms. The number of aryl methyl sites for hydroxylation is 2. The second-order valence-corrected chi connectivity index (χ2v) is 6.27. The summed E-state index contributed by atoms with van der Waals surface area (Å²) in [7, 11) is 0. The van der Waals surface area contributed by atoms with E-state index in [-0.39, 0.29) is 5.38 Å². The van der Waals surface area contributed by atoms with Gasteiger partial charge in [0, 0.05) is 9.75 Å². The minimum Gasteiger partial charge on any atom is -0.145 e. The van der Waals surface area contributed by atoms with Crippen LogP contribution in [0.1, 0.15) is 40.5 Å². The maximum Gasteiger partial charge on any atom is 0.0585 e. The van der Waals surface area contributed by atoms with E-state index in [9.17, 15) is 0 Å². The monoisotopic (exact) mass is 278 g/mol. The van der Waals surface area contributed by atoms with Crippen LogP contribution in [0.5, 0.6) is 0 Å². The average Bonchev–Trinajstić information content (AvgIpc) is 2.87. The van der Waals surface area contributed by atoms with Gasteiger partial charge in [0.1, 0.15) is 0 Å². The highest BCUT2D eigenvalue weighted by molar-refractivity contribution is 7.11. The first-order valence-electron chi connectivity index (χ1n) is 6.56. The van der Waals surface area contributed by atoms with E-state index in [1.165, 1.54) is 15.3 Å². The Balaban J connectivity index is 1.78. The topological polar surface area (TPSA) is 0 Å². The molecule has 1 unspecified atom stereocenters. The van der Waals surface area contributed by atoms with Crippen LogP contribution in [0.4, 0.5) is 0 Å². The second kappa shape index (κ2) is 6.96. The van der Waals surface area contributed by atoms with E-state index in [0.717, 1.165) is 25.7 Å². The molecule has 0 radical (unpaired) electrons. The van der Waals surface area contributed by atoms with Crippen molar-refractivity contribution in [3.8, 4) is 0 Å². The van der Waals surface area contributed by atoms with E-state index in [4.69, 9.17) is 11.6 Å². The Hall–Kier alpha value is -0.790. The van der Waals surface area contributed by atoms with Crippen molar-refractivity contribution in [3.63, 3.8) is 0 Å². The van der Waals surface area contributed by atoms with Crippen LogP contribution in [-0.4, -0.2) is 0 Å². The fraction of sp³-hybridized carbons (Fsp3) is 0.375. The number of hydrogen-bond acceptors (Lipinski definition) is 1. The lowest BCUT2D eigenvalue weighted by Gasteiger charge is -2.08. The Morgan fingerprint density at radius 1 is 1.06 bits per heavy atom. The highest BCUT2D eigenvalue weighted by atomic mass is 35.5. The molecule has 0 N–H and O–H groups in total. The molecule has 1 aromatic heterocycles. The molecule has 0 saturated carbocycles. The van der Waals surface area contributed by atoms with Crippen LogP contribution in [0.2, 0.25) is 0 Å². The molecular formula is C16H19ClS. The molecular weight excluding hydrogens is 260 g/mol. The van der Waals surface area contributed by atoms with Crippen molar-refractivity contribution >= 4 is 22.9 Å². The normalized spacial score (nSPS) is 12.6. The maximum absolute atomic E-state index is 6.41. The molecule has 96 valence electrons. The Kier molecular flexibility index (Phi) is 5.27. The minimum atomic E-state index is 0.150. The molecule has 1 heterocycles. The Bertz CT molecular complexity index is 461. The van der Waals surface area contributed by atoms with Crippen molar-refractivity contribution in [2.75, 3.05) is 0 Å². The highest BCUT2D eigenvalue weighted by Gasteiger charge is 2.07. The number of rotatable bonds is 6. The average molecular weight is 279 g/mol. The van der Waals surface area contributed by atoms with Gasteiger partial charge in [-0.15, -0.1) is 22.9 Å². The van der Waals surface area contributed by atoms with Gasteiger partial charge in [-0.1, -0.05) is 37.3 Å². The van der Waals surface area contributed by atoms with Crippen molar-refractivity contribution in [2.45, 2.75) is 38.0 Å². The lowest BCUT2D eigenvalue weighted by Crippen LogP contribution is -1.91. The molecule has 0 saturated heterocycles. The van der Waals surface area contributed by atoms with Crippen LogP contribution < -0.4 is 0 Å². The first-order valence-corrected chi connectivity index (χ1v) is 7.81. The molecule has 2 heteroatoms. The van der Waals surface area contributed by atoms with Gasteiger partial charge in [0.2, 0.25) is 0 Å². The zero-order valence-electron chi connectivity index (χ0n) is 10.7. The van der Waals surface area contributed by atoms with Crippen LogP contribution >= 0.6 is 22.9 Å². The fourth-order valence-corrected chi connectivity index (χ4v) is 3.33. The Labute approximate surface area is 119 Å². The van der Waals surface area contributed by atoms with Crippen LogP contribution in [0.15, 0.2) is 42.5 Å². The molecule has 0 bridgehead atoms. The first kappa shape index (κ1) is 13.6. The van der Waals surface area contributed by atoms with Gasteiger partial charge in [-0.25, -0.2) is 0 Å². The minimum absolute atomic E-state index is 0.150. The quantitative estimate of drug-likeness (QED) is 0.602. The number of hydrogen-bond donors (Lipinski definition) is 0. The van der Waals surface area contributed by atoms with Crippen molar-refractivity contribution in [2.24, 2.45) is 0 Å². The summed E-state index contributed by atoms with van der Waals surface area (Å²) in [6, 6.07) is 14.9. The molecule has 0 aliphatic heterocycles. The van der Waals surface area contributed by atoms with Crippen molar-refractivity contribution in [1.82, 2.24) is 0 Å². The van der Waals surface area contributed by atoms with E-state index in [2.05, 4.69) is 43.3 Å². The van der Waals surface area contributed by atoms with Gasteiger partial charge in [-0.3, -0.25) is 0 Å². The smallest absolute Gasteiger partial charge is 0.0585 e. The number of benzene rings is 1. The number of halogens is 1. The first-order chi connectivity index (χ1) is 8.79. The third-order valence-corrected chi connectivity index (χ3v) is 4.87. The summed E-state index contributed by atoms with van der Waals surface area (Å²) in [6.45, 7) is 2.21. The number of thiophene rings is 1. The van der Waals surface area contributed by atoms with Crippen molar-refractivity contribution in [3.05, 3.63) is 57.8 Å². The molecule has 2 rings (SSSR count). The van der Waals surface area contributed by atoms with Gasteiger partial charge < -0.3 is 0 Å². The SMILES string of the molecule is CCc1ccc(CCCC(Cl)c2ccccc2)s1. The van der Waals surface area contributed by atoms with Gasteiger partial charge in [-0.05, 0) is 43.4 Å². The largest absolute Gasteiger partial charge is 0.145 e. The molecule has 0 nitrogen and oxygen atoms in total. The summed E-state index contributed by atoms with van der Waals surface area (Å²) < 4.78 is 0. The van der Waals surface area contributed by atoms with Crippen LogP contribution in [0, 0.1) is 0 Å². The predicted octanol–water partition coefficient (Wildman–Crippen LogP) is 5.61. The van der Waals surface area contributed by atoms with Crippen molar-refractivity contribution < 1.29 is 0 Å². The summed E-state index contributed by atoms with van der Waals surface area (Å²) in [5, 5.41) is 0.150. The zero-order valence-corrected chi connectivity index (χ0v) is 12.3. The summed E-state index contributed by atoms with van der Waals surface area (Å²) in [5.74, 6) is 0. The fourth-order valence-electron chi connectivity index (χ4n) is 2.03. The number of alkyl halides is 1. The highest BCUT2D eigenvalue weighted by Crippen LogP contribution is 2.27. The summed E-state index contributed by atoms with van der Waals surface area (Å²) in [6.07, 6.45) is 4.51. The van der Waals surface area contributed by atoms with Crippen LogP contribution in [0.3, 0.4) is 0 Å².